The number of carbonyl (C=O) groups is 1. The van der Waals surface area contributed by atoms with E-state index in [9.17, 15) is 4.79 Å². The summed E-state index contributed by atoms with van der Waals surface area (Å²) in [5, 5.41) is 0. The summed E-state index contributed by atoms with van der Waals surface area (Å²) >= 11 is 0. The molecule has 1 aromatic rings. The quantitative estimate of drug-likeness (QED) is 0.748. The maximum Gasteiger partial charge on any atom is 0.137 e. The van der Waals surface area contributed by atoms with Gasteiger partial charge in [0.15, 0.2) is 0 Å². The predicted molar refractivity (Wildman–Crippen MR) is 72.0 cm³/mol. The van der Waals surface area contributed by atoms with Crippen LogP contribution >= 0.6 is 0 Å². The van der Waals surface area contributed by atoms with Crippen LogP contribution in [0.5, 0.6) is 5.75 Å². The number of nitrogens with zero attached hydrogens (tertiary/aromatic N) is 1. The molecule has 0 N–H and O–H groups in total. The number of aldehydes is 1. The zero-order valence-electron chi connectivity index (χ0n) is 11.0. The molecule has 98 valence electrons. The van der Waals surface area contributed by atoms with Crippen LogP contribution in [0.15, 0.2) is 24.3 Å². The number of ether oxygens (including phenoxy) is 1. The van der Waals surface area contributed by atoms with Crippen LogP contribution in [-0.2, 0) is 4.79 Å². The van der Waals surface area contributed by atoms with Crippen molar-refractivity contribution in [2.45, 2.75) is 32.2 Å². The summed E-state index contributed by atoms with van der Waals surface area (Å²) in [5.41, 5.74) is 1.16. The molecule has 1 saturated heterocycles. The first-order valence-electron chi connectivity index (χ1n) is 6.69. The Morgan fingerprint density at radius 3 is 3.00 bits per heavy atom. The second kappa shape index (κ2) is 6.55. The van der Waals surface area contributed by atoms with Gasteiger partial charge in [-0.15, -0.1) is 0 Å². The fraction of sp³-hybridized carbons (Fsp3) is 0.533. The molecule has 1 fully saturated rings. The summed E-state index contributed by atoms with van der Waals surface area (Å²) in [6.07, 6.45) is 4.42. The van der Waals surface area contributed by atoms with Crippen LogP contribution in [0.4, 0.5) is 0 Å². The van der Waals surface area contributed by atoms with Crippen molar-refractivity contribution in [3.63, 3.8) is 0 Å². The summed E-state index contributed by atoms with van der Waals surface area (Å²) in [6, 6.07) is 8.12. The molecule has 0 amide bonds. The van der Waals surface area contributed by atoms with Crippen LogP contribution in [0.1, 0.15) is 24.8 Å². The van der Waals surface area contributed by atoms with Crippen molar-refractivity contribution in [1.29, 1.82) is 0 Å². The normalized spacial score (nSPS) is 20.6. The molecule has 0 saturated carbocycles. The third-order valence-corrected chi connectivity index (χ3v) is 3.55. The van der Waals surface area contributed by atoms with Gasteiger partial charge in [-0.2, -0.15) is 0 Å². The van der Waals surface area contributed by atoms with Crippen LogP contribution < -0.4 is 4.74 Å². The van der Waals surface area contributed by atoms with Gasteiger partial charge in [-0.05, 0) is 37.9 Å². The molecule has 2 rings (SSSR count). The van der Waals surface area contributed by atoms with Crippen molar-refractivity contribution in [3.8, 4) is 5.75 Å². The number of carbonyl (C=O) groups excluding carboxylic acids is 1. The van der Waals surface area contributed by atoms with E-state index in [-0.39, 0.29) is 6.04 Å². The Balaban J connectivity index is 1.81. The number of likely N-dealkylation sites (tertiary alicyclic amines) is 1. The van der Waals surface area contributed by atoms with Gasteiger partial charge in [0.2, 0.25) is 0 Å². The molecule has 3 heteroatoms. The highest BCUT2D eigenvalue weighted by molar-refractivity contribution is 5.57. The smallest absolute Gasteiger partial charge is 0.137 e. The minimum atomic E-state index is 0.0965. The van der Waals surface area contributed by atoms with E-state index in [1.807, 2.05) is 31.2 Å². The van der Waals surface area contributed by atoms with Crippen LogP contribution in [0.3, 0.4) is 0 Å². The molecule has 0 aliphatic carbocycles. The Hall–Kier alpha value is -1.35. The van der Waals surface area contributed by atoms with Gasteiger partial charge < -0.3 is 9.53 Å². The van der Waals surface area contributed by atoms with Crippen molar-refractivity contribution in [1.82, 2.24) is 4.90 Å². The van der Waals surface area contributed by atoms with E-state index in [1.165, 1.54) is 12.8 Å². The first-order chi connectivity index (χ1) is 8.81. The van der Waals surface area contributed by atoms with E-state index in [0.29, 0.717) is 6.61 Å². The van der Waals surface area contributed by atoms with E-state index in [2.05, 4.69) is 4.90 Å². The predicted octanol–water partition coefficient (Wildman–Crippen LogP) is 2.43. The van der Waals surface area contributed by atoms with Gasteiger partial charge in [-0.1, -0.05) is 24.6 Å². The molecule has 1 aliphatic rings. The Morgan fingerprint density at radius 1 is 1.39 bits per heavy atom. The molecule has 1 atom stereocenters. The van der Waals surface area contributed by atoms with Crippen LogP contribution in [0.2, 0.25) is 0 Å². The lowest BCUT2D eigenvalue weighted by Crippen LogP contribution is -2.42. The summed E-state index contributed by atoms with van der Waals surface area (Å²) in [6.45, 7) is 4.54. The number of piperidine rings is 1. The van der Waals surface area contributed by atoms with Crippen molar-refractivity contribution < 1.29 is 9.53 Å². The Labute approximate surface area is 109 Å². The van der Waals surface area contributed by atoms with E-state index >= 15 is 0 Å². The maximum atomic E-state index is 11.0. The van der Waals surface area contributed by atoms with Crippen LogP contribution in [-0.4, -0.2) is 36.9 Å². The first-order valence-corrected chi connectivity index (χ1v) is 6.69. The average molecular weight is 247 g/mol. The molecular formula is C15H21NO2. The fourth-order valence-corrected chi connectivity index (χ4v) is 2.44. The van der Waals surface area contributed by atoms with Crippen molar-refractivity contribution >= 4 is 6.29 Å². The minimum absolute atomic E-state index is 0.0965. The zero-order valence-corrected chi connectivity index (χ0v) is 11.0. The van der Waals surface area contributed by atoms with Gasteiger partial charge in [0.1, 0.15) is 18.6 Å². The molecule has 1 heterocycles. The third kappa shape index (κ3) is 3.33. The highest BCUT2D eigenvalue weighted by Crippen LogP contribution is 2.17. The first kappa shape index (κ1) is 13.1. The highest BCUT2D eigenvalue weighted by Gasteiger charge is 2.21. The summed E-state index contributed by atoms with van der Waals surface area (Å²) in [4.78, 5) is 13.2. The number of rotatable bonds is 5. The maximum absolute atomic E-state index is 11.0. The Morgan fingerprint density at radius 2 is 2.22 bits per heavy atom. The average Bonchev–Trinajstić information content (AvgIpc) is 2.41. The molecule has 1 aliphatic heterocycles. The molecule has 3 nitrogen and oxygen atoms in total. The number of hydrogen-bond acceptors (Lipinski definition) is 3. The topological polar surface area (TPSA) is 29.5 Å². The molecular weight excluding hydrogens is 226 g/mol. The standard InChI is InChI=1S/C15H21NO2/c1-13-6-2-3-8-15(13)18-11-10-16-9-5-4-7-14(16)12-17/h2-3,6,8,12,14H,4-5,7,9-11H2,1H3. The second-order valence-corrected chi connectivity index (χ2v) is 4.85. The lowest BCUT2D eigenvalue weighted by molar-refractivity contribution is -0.113. The Bertz CT molecular complexity index is 392. The van der Waals surface area contributed by atoms with Crippen LogP contribution in [0, 0.1) is 6.92 Å². The highest BCUT2D eigenvalue weighted by atomic mass is 16.5. The molecule has 0 radical (unpaired) electrons. The molecule has 0 spiro atoms. The third-order valence-electron chi connectivity index (χ3n) is 3.55. The molecule has 0 bridgehead atoms. The molecule has 18 heavy (non-hydrogen) atoms. The van der Waals surface area contributed by atoms with Gasteiger partial charge >= 0.3 is 0 Å². The number of aryl methyl sites for hydroxylation is 1. The van der Waals surface area contributed by atoms with Gasteiger partial charge in [-0.3, -0.25) is 4.90 Å². The van der Waals surface area contributed by atoms with E-state index < -0.39 is 0 Å². The monoisotopic (exact) mass is 247 g/mol. The SMILES string of the molecule is Cc1ccccc1OCCN1CCCCC1C=O. The van der Waals surface area contributed by atoms with E-state index in [4.69, 9.17) is 4.74 Å². The summed E-state index contributed by atoms with van der Waals surface area (Å²) < 4.78 is 5.77. The van der Waals surface area contributed by atoms with Gasteiger partial charge in [-0.25, -0.2) is 0 Å². The molecule has 1 unspecified atom stereocenters. The van der Waals surface area contributed by atoms with Crippen LogP contribution in [0.25, 0.3) is 0 Å². The minimum Gasteiger partial charge on any atom is -0.492 e. The van der Waals surface area contributed by atoms with Crippen molar-refractivity contribution in [3.05, 3.63) is 29.8 Å². The number of para-hydroxylation sites is 1. The molecule has 0 aromatic heterocycles. The van der Waals surface area contributed by atoms with Crippen molar-refractivity contribution in [2.24, 2.45) is 0 Å². The zero-order chi connectivity index (χ0) is 12.8. The van der Waals surface area contributed by atoms with Gasteiger partial charge in [0, 0.05) is 6.54 Å². The van der Waals surface area contributed by atoms with Crippen molar-refractivity contribution in [2.75, 3.05) is 19.7 Å². The lowest BCUT2D eigenvalue weighted by Gasteiger charge is -2.31. The van der Waals surface area contributed by atoms with Gasteiger partial charge in [0.25, 0.3) is 0 Å². The number of benzene rings is 1. The summed E-state index contributed by atoms with van der Waals surface area (Å²) in [5.74, 6) is 0.942. The summed E-state index contributed by atoms with van der Waals surface area (Å²) in [7, 11) is 0. The fourth-order valence-electron chi connectivity index (χ4n) is 2.44. The lowest BCUT2D eigenvalue weighted by atomic mass is 10.0. The number of hydrogen-bond donors (Lipinski definition) is 0. The van der Waals surface area contributed by atoms with Gasteiger partial charge in [0.05, 0.1) is 6.04 Å². The molecule has 1 aromatic carbocycles. The van der Waals surface area contributed by atoms with E-state index in [1.54, 1.807) is 0 Å². The van der Waals surface area contributed by atoms with E-state index in [0.717, 1.165) is 37.1 Å². The Kier molecular flexibility index (Phi) is 4.76. The second-order valence-electron chi connectivity index (χ2n) is 4.85. The largest absolute Gasteiger partial charge is 0.492 e.